The van der Waals surface area contributed by atoms with Crippen molar-refractivity contribution in [3.63, 3.8) is 0 Å². The van der Waals surface area contributed by atoms with E-state index in [4.69, 9.17) is 0 Å². The topological polar surface area (TPSA) is 12.0 Å². The summed E-state index contributed by atoms with van der Waals surface area (Å²) < 4.78 is 0. The second-order valence-electron chi connectivity index (χ2n) is 4.26. The molecule has 0 heterocycles. The van der Waals surface area contributed by atoms with E-state index in [-0.39, 0.29) is 0 Å². The van der Waals surface area contributed by atoms with Gasteiger partial charge in [0, 0.05) is 6.04 Å². The predicted octanol–water partition coefficient (Wildman–Crippen LogP) is 3.06. The highest BCUT2D eigenvalue weighted by Crippen LogP contribution is 2.17. The molecule has 0 radical (unpaired) electrons. The van der Waals surface area contributed by atoms with Gasteiger partial charge in [-0.15, -0.1) is 0 Å². The van der Waals surface area contributed by atoms with E-state index in [1.54, 1.807) is 0 Å². The van der Waals surface area contributed by atoms with E-state index in [2.05, 4.69) is 39.9 Å². The maximum absolute atomic E-state index is 3.46. The molecule has 0 rings (SSSR count). The second kappa shape index (κ2) is 6.47. The second-order valence-corrected chi connectivity index (χ2v) is 4.26. The van der Waals surface area contributed by atoms with E-state index in [1.807, 2.05) is 0 Å². The molecule has 2 atom stereocenters. The molecular formula is C11H25N. The van der Waals surface area contributed by atoms with Gasteiger partial charge in [0.25, 0.3) is 0 Å². The molecule has 0 aliphatic heterocycles. The van der Waals surface area contributed by atoms with E-state index < -0.39 is 0 Å². The molecule has 1 N–H and O–H groups in total. The van der Waals surface area contributed by atoms with Gasteiger partial charge in [0.2, 0.25) is 0 Å². The Bertz CT molecular complexity index is 99.2. The molecule has 0 saturated carbocycles. The van der Waals surface area contributed by atoms with Crippen LogP contribution in [0.15, 0.2) is 0 Å². The van der Waals surface area contributed by atoms with E-state index in [0.29, 0.717) is 6.04 Å². The Hall–Kier alpha value is -0.0400. The van der Waals surface area contributed by atoms with Crippen LogP contribution in [0.5, 0.6) is 0 Å². The third-order valence-electron chi connectivity index (χ3n) is 2.77. The monoisotopic (exact) mass is 171 g/mol. The Labute approximate surface area is 77.9 Å². The van der Waals surface area contributed by atoms with Crippen molar-refractivity contribution in [2.24, 2.45) is 11.8 Å². The normalized spacial score (nSPS) is 16.5. The predicted molar refractivity (Wildman–Crippen MR) is 56.4 cm³/mol. The molecule has 0 aromatic rings. The molecule has 0 saturated heterocycles. The molecule has 0 bridgehead atoms. The summed E-state index contributed by atoms with van der Waals surface area (Å²) >= 11 is 0. The Morgan fingerprint density at radius 3 is 2.00 bits per heavy atom. The molecule has 2 unspecified atom stereocenters. The van der Waals surface area contributed by atoms with E-state index in [9.17, 15) is 0 Å². The van der Waals surface area contributed by atoms with Gasteiger partial charge in [-0.1, -0.05) is 41.0 Å². The Morgan fingerprint density at radius 2 is 1.58 bits per heavy atom. The lowest BCUT2D eigenvalue weighted by Crippen LogP contribution is -2.26. The van der Waals surface area contributed by atoms with Gasteiger partial charge < -0.3 is 5.32 Å². The highest BCUT2D eigenvalue weighted by molar-refractivity contribution is 4.63. The van der Waals surface area contributed by atoms with Crippen molar-refractivity contribution in [3.05, 3.63) is 0 Å². The molecule has 74 valence electrons. The van der Waals surface area contributed by atoms with Crippen molar-refractivity contribution < 1.29 is 0 Å². The summed E-state index contributed by atoms with van der Waals surface area (Å²) in [6, 6.07) is 0.633. The maximum atomic E-state index is 3.46. The van der Waals surface area contributed by atoms with Crippen molar-refractivity contribution in [2.45, 2.75) is 53.5 Å². The molecule has 0 aliphatic carbocycles. The molecule has 0 aromatic heterocycles. The van der Waals surface area contributed by atoms with Crippen LogP contribution in [0.3, 0.4) is 0 Å². The minimum atomic E-state index is 0.633. The van der Waals surface area contributed by atoms with Gasteiger partial charge in [-0.2, -0.15) is 0 Å². The number of hydrogen-bond donors (Lipinski definition) is 1. The molecule has 0 aromatic carbocycles. The first kappa shape index (κ1) is 12.0. The quantitative estimate of drug-likeness (QED) is 0.647. The summed E-state index contributed by atoms with van der Waals surface area (Å²) in [6.07, 6.45) is 2.62. The average Bonchev–Trinajstić information content (AvgIpc) is 2.02. The molecule has 1 nitrogen and oxygen atoms in total. The van der Waals surface area contributed by atoms with Gasteiger partial charge in [0.1, 0.15) is 0 Å². The van der Waals surface area contributed by atoms with Gasteiger partial charge in [-0.05, 0) is 24.8 Å². The van der Waals surface area contributed by atoms with Crippen LogP contribution in [0, 0.1) is 11.8 Å². The number of rotatable bonds is 6. The third kappa shape index (κ3) is 5.59. The zero-order chi connectivity index (χ0) is 9.56. The van der Waals surface area contributed by atoms with Crippen LogP contribution in [-0.4, -0.2) is 12.6 Å². The molecule has 0 spiro atoms. The summed E-state index contributed by atoms with van der Waals surface area (Å²) in [7, 11) is 0. The number of hydrogen-bond acceptors (Lipinski definition) is 1. The van der Waals surface area contributed by atoms with Crippen LogP contribution in [0.25, 0.3) is 0 Å². The van der Waals surface area contributed by atoms with Crippen LogP contribution in [-0.2, 0) is 0 Å². The zero-order valence-corrected chi connectivity index (χ0v) is 9.35. The fourth-order valence-electron chi connectivity index (χ4n) is 1.29. The van der Waals surface area contributed by atoms with Gasteiger partial charge in [0.15, 0.2) is 0 Å². The van der Waals surface area contributed by atoms with Crippen LogP contribution in [0.2, 0.25) is 0 Å². The van der Waals surface area contributed by atoms with Gasteiger partial charge in [-0.25, -0.2) is 0 Å². The van der Waals surface area contributed by atoms with Crippen molar-refractivity contribution in [2.75, 3.05) is 6.54 Å². The summed E-state index contributed by atoms with van der Waals surface area (Å²) in [5, 5.41) is 3.46. The first-order chi connectivity index (χ1) is 5.57. The lowest BCUT2D eigenvalue weighted by Gasteiger charge is -2.19. The van der Waals surface area contributed by atoms with Crippen LogP contribution < -0.4 is 5.32 Å². The minimum absolute atomic E-state index is 0.633. The Balaban J connectivity index is 3.37. The summed E-state index contributed by atoms with van der Waals surface area (Å²) in [6.45, 7) is 12.6. The van der Waals surface area contributed by atoms with Crippen molar-refractivity contribution in [1.82, 2.24) is 5.32 Å². The average molecular weight is 171 g/mol. The Kier molecular flexibility index (Phi) is 6.45. The third-order valence-corrected chi connectivity index (χ3v) is 2.77. The SMILES string of the molecule is CCC(C)C(C)CCNC(C)C. The lowest BCUT2D eigenvalue weighted by atomic mass is 9.91. The van der Waals surface area contributed by atoms with E-state index in [1.165, 1.54) is 19.4 Å². The molecule has 12 heavy (non-hydrogen) atoms. The first-order valence-corrected chi connectivity index (χ1v) is 5.31. The fourth-order valence-corrected chi connectivity index (χ4v) is 1.29. The fraction of sp³-hybridized carbons (Fsp3) is 1.00. The van der Waals surface area contributed by atoms with Gasteiger partial charge >= 0.3 is 0 Å². The molecule has 0 amide bonds. The summed E-state index contributed by atoms with van der Waals surface area (Å²) in [5.41, 5.74) is 0. The highest BCUT2D eigenvalue weighted by Gasteiger charge is 2.09. The summed E-state index contributed by atoms with van der Waals surface area (Å²) in [5.74, 6) is 1.74. The lowest BCUT2D eigenvalue weighted by molar-refractivity contribution is 0.344. The highest BCUT2D eigenvalue weighted by atomic mass is 14.9. The van der Waals surface area contributed by atoms with Gasteiger partial charge in [-0.3, -0.25) is 0 Å². The van der Waals surface area contributed by atoms with Crippen molar-refractivity contribution >= 4 is 0 Å². The maximum Gasteiger partial charge on any atom is 0.00103 e. The largest absolute Gasteiger partial charge is 0.315 e. The molecule has 1 heteroatoms. The van der Waals surface area contributed by atoms with Crippen LogP contribution >= 0.6 is 0 Å². The van der Waals surface area contributed by atoms with Crippen LogP contribution in [0.1, 0.15) is 47.5 Å². The first-order valence-electron chi connectivity index (χ1n) is 5.31. The van der Waals surface area contributed by atoms with Crippen molar-refractivity contribution in [1.29, 1.82) is 0 Å². The van der Waals surface area contributed by atoms with Gasteiger partial charge in [0.05, 0.1) is 0 Å². The smallest absolute Gasteiger partial charge is 0.00103 e. The molecular weight excluding hydrogens is 146 g/mol. The molecule has 0 fully saturated rings. The standard InChI is InChI=1S/C11H25N/c1-6-10(4)11(5)7-8-12-9(2)3/h9-12H,6-8H2,1-5H3. The van der Waals surface area contributed by atoms with Crippen molar-refractivity contribution in [3.8, 4) is 0 Å². The van der Waals surface area contributed by atoms with Crippen LogP contribution in [0.4, 0.5) is 0 Å². The zero-order valence-electron chi connectivity index (χ0n) is 9.35. The number of nitrogens with one attached hydrogen (secondary N) is 1. The van der Waals surface area contributed by atoms with E-state index in [0.717, 1.165) is 11.8 Å². The Morgan fingerprint density at radius 1 is 1.00 bits per heavy atom. The van der Waals surface area contributed by atoms with E-state index >= 15 is 0 Å². The minimum Gasteiger partial charge on any atom is -0.315 e. The summed E-state index contributed by atoms with van der Waals surface area (Å²) in [4.78, 5) is 0. The molecule has 0 aliphatic rings.